The number of nitrogens with zero attached hydrogens (tertiary/aromatic N) is 3. The molecule has 3 unspecified atom stereocenters. The number of oxime groups is 1. The van der Waals surface area contributed by atoms with Gasteiger partial charge >= 0.3 is 0 Å². The molecule has 4 rings (SSSR count). The Morgan fingerprint density at radius 2 is 1.61 bits per heavy atom. The maximum atomic E-state index is 12.8. The standard InChI is InChI=1S/C40H64N4O5/c1-5-6-10-15-37(46)41-25-12-9-11-16-38(47)43(3)26-13-7-8-14-27-44(4)39(48)29-49-42-36-22-21-35-34-19-17-30-28-31(45)18-20-32(30)33(34)23-24-40(35,36)2/h18,20,28,33-35,45H,5-17,19,21-27,29H2,1-4H3,(H,41,46)/b42-36+/t33?,34?,35?,40-/m0/s1. The number of unbranched alkanes of at least 4 members (excludes halogenated alkanes) is 7. The summed E-state index contributed by atoms with van der Waals surface area (Å²) in [5.74, 6) is 2.45. The number of phenols is 1. The Morgan fingerprint density at radius 1 is 0.898 bits per heavy atom. The molecule has 1 aromatic carbocycles. The minimum atomic E-state index is -0.0421. The quantitative estimate of drug-likeness (QED) is 0.111. The number of hydrogen-bond acceptors (Lipinski definition) is 6. The van der Waals surface area contributed by atoms with E-state index in [9.17, 15) is 19.5 Å². The van der Waals surface area contributed by atoms with Crippen molar-refractivity contribution in [1.82, 2.24) is 15.1 Å². The predicted octanol–water partition coefficient (Wildman–Crippen LogP) is 7.36. The van der Waals surface area contributed by atoms with Crippen molar-refractivity contribution in [3.63, 3.8) is 0 Å². The molecule has 0 aromatic heterocycles. The first-order valence-electron chi connectivity index (χ1n) is 19.4. The van der Waals surface area contributed by atoms with Crippen LogP contribution in [-0.4, -0.2) is 78.7 Å². The summed E-state index contributed by atoms with van der Waals surface area (Å²) >= 11 is 0. The van der Waals surface area contributed by atoms with Gasteiger partial charge in [0, 0.05) is 52.0 Å². The molecule has 1 aromatic rings. The van der Waals surface area contributed by atoms with E-state index >= 15 is 0 Å². The van der Waals surface area contributed by atoms with E-state index in [-0.39, 0.29) is 29.7 Å². The Morgan fingerprint density at radius 3 is 2.37 bits per heavy atom. The van der Waals surface area contributed by atoms with Crippen LogP contribution in [0.1, 0.15) is 140 Å². The van der Waals surface area contributed by atoms with Gasteiger partial charge in [0.1, 0.15) is 5.75 Å². The molecule has 3 amide bonds. The average molecular weight is 681 g/mol. The largest absolute Gasteiger partial charge is 0.508 e. The zero-order valence-electron chi connectivity index (χ0n) is 30.9. The van der Waals surface area contributed by atoms with E-state index in [1.54, 1.807) is 4.90 Å². The summed E-state index contributed by atoms with van der Waals surface area (Å²) in [6.07, 6.45) is 17.5. The van der Waals surface area contributed by atoms with Crippen LogP contribution in [0.5, 0.6) is 5.75 Å². The molecule has 3 aliphatic carbocycles. The Labute approximate surface area is 295 Å². The fourth-order valence-corrected chi connectivity index (χ4v) is 8.70. The summed E-state index contributed by atoms with van der Waals surface area (Å²) in [5, 5.41) is 17.5. The number of aromatic hydroxyl groups is 1. The highest BCUT2D eigenvalue weighted by molar-refractivity contribution is 5.92. The third kappa shape index (κ3) is 10.9. The molecule has 9 heteroatoms. The molecule has 3 aliphatic rings. The van der Waals surface area contributed by atoms with Gasteiger partial charge in [-0.2, -0.15) is 0 Å². The fraction of sp³-hybridized carbons (Fsp3) is 0.750. The van der Waals surface area contributed by atoms with Crippen molar-refractivity contribution in [2.45, 2.75) is 135 Å². The number of fused-ring (bicyclic) bond motifs is 5. The van der Waals surface area contributed by atoms with Crippen molar-refractivity contribution < 1.29 is 24.3 Å². The van der Waals surface area contributed by atoms with E-state index in [2.05, 4.69) is 30.4 Å². The highest BCUT2D eigenvalue weighted by Gasteiger charge is 2.53. The van der Waals surface area contributed by atoms with Crippen LogP contribution in [0.2, 0.25) is 0 Å². The smallest absolute Gasteiger partial charge is 0.263 e. The fourth-order valence-electron chi connectivity index (χ4n) is 8.70. The monoisotopic (exact) mass is 680 g/mol. The van der Waals surface area contributed by atoms with Crippen LogP contribution in [0.4, 0.5) is 0 Å². The molecule has 0 bridgehead atoms. The van der Waals surface area contributed by atoms with Gasteiger partial charge in [-0.15, -0.1) is 0 Å². The van der Waals surface area contributed by atoms with E-state index in [1.807, 2.05) is 31.1 Å². The first-order valence-corrected chi connectivity index (χ1v) is 19.4. The summed E-state index contributed by atoms with van der Waals surface area (Å²) in [6, 6.07) is 5.94. The number of aryl methyl sites for hydroxylation is 1. The van der Waals surface area contributed by atoms with E-state index < -0.39 is 0 Å². The third-order valence-electron chi connectivity index (χ3n) is 11.8. The number of nitrogens with one attached hydrogen (secondary N) is 1. The number of hydrogen-bond donors (Lipinski definition) is 2. The van der Waals surface area contributed by atoms with Crippen molar-refractivity contribution in [3.05, 3.63) is 29.3 Å². The lowest BCUT2D eigenvalue weighted by Crippen LogP contribution is -2.42. The average Bonchev–Trinajstić information content (AvgIpc) is 3.43. The Hall–Kier alpha value is -3.10. The van der Waals surface area contributed by atoms with Crippen molar-refractivity contribution in [2.75, 3.05) is 40.3 Å². The minimum Gasteiger partial charge on any atom is -0.508 e. The summed E-state index contributed by atoms with van der Waals surface area (Å²) in [4.78, 5) is 46.3. The summed E-state index contributed by atoms with van der Waals surface area (Å²) in [6.45, 7) is 6.62. The SMILES string of the molecule is CCCCCC(=O)NCCCCCC(=O)N(C)CCCCCCN(C)C(=O)CO/N=C1\CCC2C3CCc4cc(O)ccc4C3CC[C@]12C. The number of rotatable bonds is 20. The minimum absolute atomic E-state index is 0.0236. The second kappa shape index (κ2) is 19.3. The van der Waals surface area contributed by atoms with Crippen LogP contribution < -0.4 is 5.32 Å². The van der Waals surface area contributed by atoms with Gasteiger partial charge in [-0.05, 0) is 112 Å². The molecular weight excluding hydrogens is 616 g/mol. The number of carbonyl (C=O) groups is 3. The molecule has 2 saturated carbocycles. The Bertz CT molecular complexity index is 1270. The molecule has 9 nitrogen and oxygen atoms in total. The number of benzene rings is 1. The second-order valence-corrected chi connectivity index (χ2v) is 15.3. The normalized spacial score (nSPS) is 23.3. The molecule has 4 atom stereocenters. The van der Waals surface area contributed by atoms with Gasteiger partial charge in [-0.25, -0.2) is 0 Å². The second-order valence-electron chi connectivity index (χ2n) is 15.3. The van der Waals surface area contributed by atoms with E-state index in [0.29, 0.717) is 49.4 Å². The lowest BCUT2D eigenvalue weighted by molar-refractivity contribution is -0.135. The highest BCUT2D eigenvalue weighted by atomic mass is 16.6. The summed E-state index contributed by atoms with van der Waals surface area (Å²) < 4.78 is 0. The maximum Gasteiger partial charge on any atom is 0.263 e. The lowest BCUT2D eigenvalue weighted by atomic mass is 9.55. The van der Waals surface area contributed by atoms with E-state index in [4.69, 9.17) is 4.84 Å². The molecule has 274 valence electrons. The van der Waals surface area contributed by atoms with Gasteiger partial charge in [0.05, 0.1) is 5.71 Å². The van der Waals surface area contributed by atoms with E-state index in [0.717, 1.165) is 115 Å². The van der Waals surface area contributed by atoms with Crippen molar-refractivity contribution in [1.29, 1.82) is 0 Å². The van der Waals surface area contributed by atoms with Gasteiger partial charge in [0.2, 0.25) is 11.8 Å². The number of likely N-dealkylation sites (N-methyl/N-ethyl adjacent to an activating group) is 1. The molecular formula is C40H64N4O5. The summed E-state index contributed by atoms with van der Waals surface area (Å²) in [7, 11) is 3.72. The van der Waals surface area contributed by atoms with Crippen LogP contribution in [0.3, 0.4) is 0 Å². The number of phenolic OH excluding ortho intramolecular Hbond substituents is 1. The molecule has 0 radical (unpaired) electrons. The Kier molecular flexibility index (Phi) is 15.3. The van der Waals surface area contributed by atoms with Crippen LogP contribution in [0, 0.1) is 17.3 Å². The zero-order valence-corrected chi connectivity index (χ0v) is 30.9. The van der Waals surface area contributed by atoms with Crippen LogP contribution in [-0.2, 0) is 25.6 Å². The van der Waals surface area contributed by atoms with Crippen LogP contribution in [0.25, 0.3) is 0 Å². The van der Waals surface area contributed by atoms with Gasteiger partial charge in [0.25, 0.3) is 5.91 Å². The highest BCUT2D eigenvalue weighted by Crippen LogP contribution is 2.60. The van der Waals surface area contributed by atoms with Gasteiger partial charge in [-0.1, -0.05) is 57.2 Å². The van der Waals surface area contributed by atoms with Crippen LogP contribution >= 0.6 is 0 Å². The number of amides is 3. The number of carbonyl (C=O) groups excluding carboxylic acids is 3. The van der Waals surface area contributed by atoms with Crippen molar-refractivity contribution >= 4 is 23.4 Å². The lowest BCUT2D eigenvalue weighted by Gasteiger charge is -2.49. The maximum absolute atomic E-state index is 12.8. The third-order valence-corrected chi connectivity index (χ3v) is 11.8. The summed E-state index contributed by atoms with van der Waals surface area (Å²) in [5.41, 5.74) is 3.92. The molecule has 0 aliphatic heterocycles. The van der Waals surface area contributed by atoms with E-state index in [1.165, 1.54) is 11.1 Å². The first-order chi connectivity index (χ1) is 23.6. The zero-order chi connectivity index (χ0) is 35.2. The first kappa shape index (κ1) is 38.7. The molecule has 49 heavy (non-hydrogen) atoms. The molecule has 2 fully saturated rings. The molecule has 2 N–H and O–H groups in total. The topological polar surface area (TPSA) is 112 Å². The molecule has 0 spiro atoms. The predicted molar refractivity (Wildman–Crippen MR) is 195 cm³/mol. The van der Waals surface area contributed by atoms with Gasteiger partial charge in [0.15, 0.2) is 6.61 Å². The van der Waals surface area contributed by atoms with Crippen molar-refractivity contribution in [2.24, 2.45) is 22.4 Å². The van der Waals surface area contributed by atoms with Gasteiger partial charge in [-0.3, -0.25) is 14.4 Å². The molecule has 0 saturated heterocycles. The van der Waals surface area contributed by atoms with Crippen molar-refractivity contribution in [3.8, 4) is 5.75 Å². The van der Waals surface area contributed by atoms with Crippen LogP contribution in [0.15, 0.2) is 23.4 Å². The van der Waals surface area contributed by atoms with Gasteiger partial charge < -0.3 is 25.1 Å². The molecule has 0 heterocycles. The Balaban J connectivity index is 1.04.